The fraction of sp³-hybridized carbons (Fsp3) is 0.742. The van der Waals surface area contributed by atoms with Crippen molar-refractivity contribution < 1.29 is 4.39 Å². The van der Waals surface area contributed by atoms with Gasteiger partial charge in [0, 0.05) is 0 Å². The first-order valence-corrected chi connectivity index (χ1v) is 14.1. The molecule has 2 aliphatic rings. The van der Waals surface area contributed by atoms with Crippen molar-refractivity contribution in [2.75, 3.05) is 6.67 Å². The van der Waals surface area contributed by atoms with Crippen LogP contribution in [0.25, 0.3) is 0 Å². The van der Waals surface area contributed by atoms with Gasteiger partial charge in [-0.15, -0.1) is 0 Å². The third-order valence-corrected chi connectivity index (χ3v) is 8.46. The molecule has 1 heteroatoms. The molecule has 3 rings (SSSR count). The monoisotopic (exact) mass is 440 g/mol. The molecule has 0 aliphatic heterocycles. The second-order valence-corrected chi connectivity index (χ2v) is 10.9. The van der Waals surface area contributed by atoms with E-state index in [9.17, 15) is 4.39 Å². The third-order valence-electron chi connectivity index (χ3n) is 8.46. The number of rotatable bonds is 13. The lowest BCUT2D eigenvalue weighted by Crippen LogP contribution is -2.17. The van der Waals surface area contributed by atoms with E-state index in [1.807, 2.05) is 0 Å². The van der Waals surface area contributed by atoms with Crippen LogP contribution in [0, 0.1) is 17.8 Å². The molecule has 0 heterocycles. The minimum absolute atomic E-state index is 0.160. The summed E-state index contributed by atoms with van der Waals surface area (Å²) in [6.45, 7) is 2.12. The van der Waals surface area contributed by atoms with E-state index >= 15 is 0 Å². The van der Waals surface area contributed by atoms with Crippen molar-refractivity contribution in [1.29, 1.82) is 0 Å². The molecule has 32 heavy (non-hydrogen) atoms. The number of benzene rings is 1. The Balaban J connectivity index is 1.26. The number of unbranched alkanes of at least 4 members (excludes halogenated alkanes) is 3. The van der Waals surface area contributed by atoms with E-state index in [2.05, 4.69) is 43.3 Å². The topological polar surface area (TPSA) is 0 Å². The first-order chi connectivity index (χ1) is 15.8. The van der Waals surface area contributed by atoms with Crippen LogP contribution in [0.4, 0.5) is 4.39 Å². The van der Waals surface area contributed by atoms with Gasteiger partial charge in [-0.2, -0.15) is 0 Å². The average molecular weight is 441 g/mol. The number of allylic oxidation sites excluding steroid dienone is 2. The van der Waals surface area contributed by atoms with Gasteiger partial charge in [0.2, 0.25) is 0 Å². The van der Waals surface area contributed by atoms with Crippen LogP contribution in [0.15, 0.2) is 36.4 Å². The molecule has 180 valence electrons. The highest BCUT2D eigenvalue weighted by Crippen LogP contribution is 2.40. The van der Waals surface area contributed by atoms with Gasteiger partial charge >= 0.3 is 0 Å². The van der Waals surface area contributed by atoms with Crippen LogP contribution in [0.1, 0.15) is 127 Å². The van der Waals surface area contributed by atoms with Crippen LogP contribution >= 0.6 is 0 Å². The molecule has 2 saturated carbocycles. The summed E-state index contributed by atoms with van der Waals surface area (Å²) < 4.78 is 12.1. The summed E-state index contributed by atoms with van der Waals surface area (Å²) in [4.78, 5) is 0. The lowest BCUT2D eigenvalue weighted by Gasteiger charge is -2.32. The highest BCUT2D eigenvalue weighted by atomic mass is 19.1. The molecular weight excluding hydrogens is 391 g/mol. The molecule has 0 bridgehead atoms. The maximum Gasteiger partial charge on any atom is 0.0894 e. The van der Waals surface area contributed by atoms with E-state index in [1.165, 1.54) is 95.5 Å². The van der Waals surface area contributed by atoms with Crippen LogP contribution in [0.3, 0.4) is 0 Å². The summed E-state index contributed by atoms with van der Waals surface area (Å²) in [5.74, 6) is 3.70. The van der Waals surface area contributed by atoms with Crippen LogP contribution < -0.4 is 0 Å². The molecule has 2 fully saturated rings. The first kappa shape index (κ1) is 25.5. The fourth-order valence-electron chi connectivity index (χ4n) is 6.11. The van der Waals surface area contributed by atoms with Crippen LogP contribution in [-0.4, -0.2) is 6.67 Å². The molecule has 0 amide bonds. The largest absolute Gasteiger partial charge is 0.251 e. The van der Waals surface area contributed by atoms with E-state index in [0.717, 1.165) is 42.9 Å². The summed E-state index contributed by atoms with van der Waals surface area (Å²) in [5.41, 5.74) is 3.11. The number of hydrogen-bond acceptors (Lipinski definition) is 0. The molecule has 0 nitrogen and oxygen atoms in total. The molecule has 0 aromatic heterocycles. The predicted molar refractivity (Wildman–Crippen MR) is 138 cm³/mol. The molecule has 0 radical (unpaired) electrons. The van der Waals surface area contributed by atoms with Gasteiger partial charge in [0.15, 0.2) is 0 Å². The molecule has 0 atom stereocenters. The van der Waals surface area contributed by atoms with E-state index in [4.69, 9.17) is 0 Å². The van der Waals surface area contributed by atoms with E-state index in [1.54, 1.807) is 5.56 Å². The Morgan fingerprint density at radius 1 is 0.750 bits per heavy atom. The molecule has 1 aromatic rings. The molecular formula is C31H49F. The van der Waals surface area contributed by atoms with E-state index in [0.29, 0.717) is 0 Å². The highest BCUT2D eigenvalue weighted by molar-refractivity contribution is 5.26. The number of hydrogen-bond donors (Lipinski definition) is 0. The zero-order chi connectivity index (χ0) is 22.4. The normalized spacial score (nSPS) is 26.6. The van der Waals surface area contributed by atoms with E-state index < -0.39 is 0 Å². The summed E-state index contributed by atoms with van der Waals surface area (Å²) in [5, 5.41) is 0. The van der Waals surface area contributed by atoms with Crippen molar-refractivity contribution in [2.24, 2.45) is 17.8 Å². The van der Waals surface area contributed by atoms with Crippen molar-refractivity contribution in [1.82, 2.24) is 0 Å². The van der Waals surface area contributed by atoms with Crippen molar-refractivity contribution >= 4 is 0 Å². The van der Waals surface area contributed by atoms with Gasteiger partial charge in [0.05, 0.1) is 6.67 Å². The zero-order valence-electron chi connectivity index (χ0n) is 20.9. The summed E-state index contributed by atoms with van der Waals surface area (Å²) in [7, 11) is 0. The molecule has 0 N–H and O–H groups in total. The first-order valence-electron chi connectivity index (χ1n) is 14.1. The average Bonchev–Trinajstić information content (AvgIpc) is 2.85. The third kappa shape index (κ3) is 9.03. The Kier molecular flexibility index (Phi) is 11.9. The predicted octanol–water partition coefficient (Wildman–Crippen LogP) is 9.98. The van der Waals surface area contributed by atoms with Gasteiger partial charge in [-0.3, -0.25) is 4.39 Å². The summed E-state index contributed by atoms with van der Waals surface area (Å²) in [6.07, 6.45) is 27.0. The van der Waals surface area contributed by atoms with Crippen molar-refractivity contribution in [2.45, 2.75) is 122 Å². The fourth-order valence-corrected chi connectivity index (χ4v) is 6.11. The zero-order valence-corrected chi connectivity index (χ0v) is 20.9. The van der Waals surface area contributed by atoms with Gasteiger partial charge in [-0.1, -0.05) is 75.4 Å². The van der Waals surface area contributed by atoms with Gasteiger partial charge in [-0.05, 0) is 112 Å². The Bertz CT molecular complexity index is 614. The van der Waals surface area contributed by atoms with Gasteiger partial charge in [0.25, 0.3) is 0 Å². The quantitative estimate of drug-likeness (QED) is 0.211. The summed E-state index contributed by atoms with van der Waals surface area (Å²) >= 11 is 0. The Morgan fingerprint density at radius 3 is 2.00 bits per heavy atom. The van der Waals surface area contributed by atoms with E-state index in [-0.39, 0.29) is 6.67 Å². The lowest BCUT2D eigenvalue weighted by molar-refractivity contribution is 0.231. The summed E-state index contributed by atoms with van der Waals surface area (Å²) in [6, 6.07) is 9.62. The number of alkyl halides is 1. The minimum Gasteiger partial charge on any atom is -0.251 e. The second kappa shape index (κ2) is 14.9. The smallest absolute Gasteiger partial charge is 0.0894 e. The standard InChI is InChI=1S/C31H49F/c1-2-3-9-26-17-21-30(22-18-26)31-23-19-29(20-24-31)16-15-28-13-11-27(12-14-28)10-7-5-4-6-8-25-32/h5,7,17-18,21-22,27-29,31H,2-4,6,8-16,19-20,23-25H2,1H3. The molecule has 1 aromatic carbocycles. The Hall–Kier alpha value is -1.11. The Labute approximate surface area is 198 Å². The lowest BCUT2D eigenvalue weighted by atomic mass is 9.74. The van der Waals surface area contributed by atoms with Crippen molar-refractivity contribution in [3.05, 3.63) is 47.5 Å². The van der Waals surface area contributed by atoms with Gasteiger partial charge < -0.3 is 0 Å². The molecule has 0 spiro atoms. The maximum atomic E-state index is 12.1. The van der Waals surface area contributed by atoms with Gasteiger partial charge in [0.1, 0.15) is 0 Å². The Morgan fingerprint density at radius 2 is 1.38 bits per heavy atom. The SMILES string of the molecule is CCCCc1ccc(C2CCC(CCC3CCC(CC=CCCCCF)CC3)CC2)cc1. The molecule has 0 saturated heterocycles. The second-order valence-electron chi connectivity index (χ2n) is 10.9. The highest BCUT2D eigenvalue weighted by Gasteiger charge is 2.25. The number of aryl methyl sites for hydroxylation is 1. The van der Waals surface area contributed by atoms with Crippen molar-refractivity contribution in [3.8, 4) is 0 Å². The van der Waals surface area contributed by atoms with Crippen LogP contribution in [-0.2, 0) is 6.42 Å². The van der Waals surface area contributed by atoms with Crippen LogP contribution in [0.5, 0.6) is 0 Å². The maximum absolute atomic E-state index is 12.1. The minimum atomic E-state index is -0.160. The number of halogens is 1. The molecule has 0 unspecified atom stereocenters. The molecule has 2 aliphatic carbocycles. The van der Waals surface area contributed by atoms with Gasteiger partial charge in [-0.25, -0.2) is 0 Å². The van der Waals surface area contributed by atoms with Crippen molar-refractivity contribution in [3.63, 3.8) is 0 Å². The van der Waals surface area contributed by atoms with Crippen LogP contribution in [0.2, 0.25) is 0 Å².